The Labute approximate surface area is 130 Å². The second-order valence-electron chi connectivity index (χ2n) is 4.27. The van der Waals surface area contributed by atoms with Gasteiger partial charge in [0.2, 0.25) is 0 Å². The van der Waals surface area contributed by atoms with Crippen molar-refractivity contribution in [2.45, 2.75) is 0 Å². The van der Waals surface area contributed by atoms with Crippen molar-refractivity contribution in [3.8, 4) is 5.75 Å². The number of aromatic nitrogens is 1. The van der Waals surface area contributed by atoms with Gasteiger partial charge in [-0.25, -0.2) is 4.98 Å². The molecule has 106 valence electrons. The van der Waals surface area contributed by atoms with Gasteiger partial charge in [0, 0.05) is 27.4 Å². The Bertz CT molecular complexity index is 774. The van der Waals surface area contributed by atoms with Crippen LogP contribution in [-0.2, 0) is 4.79 Å². The van der Waals surface area contributed by atoms with Gasteiger partial charge < -0.3 is 4.74 Å². The minimum absolute atomic E-state index is 0.0782. The number of benzene rings is 2. The molecule has 0 aliphatic rings. The number of fused-ring (bicyclic) bond motifs is 1. The topological polar surface area (TPSA) is 51.2 Å². The number of thiazole rings is 1. The molecule has 0 unspecified atom stereocenters. The third-order valence-electron chi connectivity index (χ3n) is 2.87. The molecule has 1 heterocycles. The molecule has 1 aromatic heterocycles. The number of rotatable bonds is 4. The number of carbonyl (C=O) groups is 1. The lowest BCUT2D eigenvalue weighted by Crippen LogP contribution is -2.20. The van der Waals surface area contributed by atoms with E-state index in [9.17, 15) is 4.79 Å². The van der Waals surface area contributed by atoms with Crippen LogP contribution in [0.4, 0.5) is 5.13 Å². The number of nitrogens with zero attached hydrogens (tertiary/aromatic N) is 1. The van der Waals surface area contributed by atoms with Crippen LogP contribution in [0.5, 0.6) is 5.75 Å². The summed E-state index contributed by atoms with van der Waals surface area (Å²) in [4.78, 5) is 15.8. The van der Waals surface area contributed by atoms with E-state index in [0.717, 1.165) is 10.8 Å². The maximum atomic E-state index is 11.8. The maximum absolute atomic E-state index is 11.8. The first-order valence-corrected chi connectivity index (χ1v) is 7.49. The first kappa shape index (κ1) is 13.9. The molecular formula is C15H11ClN2O2S. The van der Waals surface area contributed by atoms with Crippen molar-refractivity contribution < 1.29 is 9.53 Å². The summed E-state index contributed by atoms with van der Waals surface area (Å²) in [5.74, 6) is 0.383. The number of amides is 1. The van der Waals surface area contributed by atoms with Crippen LogP contribution in [0.3, 0.4) is 0 Å². The zero-order valence-electron chi connectivity index (χ0n) is 10.9. The van der Waals surface area contributed by atoms with Crippen molar-refractivity contribution in [3.05, 3.63) is 53.0 Å². The molecule has 0 bridgehead atoms. The minimum atomic E-state index is -0.246. The molecule has 1 N–H and O–H groups in total. The molecule has 0 spiro atoms. The van der Waals surface area contributed by atoms with E-state index >= 15 is 0 Å². The molecule has 0 atom stereocenters. The van der Waals surface area contributed by atoms with Crippen molar-refractivity contribution in [1.29, 1.82) is 0 Å². The van der Waals surface area contributed by atoms with Crippen LogP contribution in [0.2, 0.25) is 5.02 Å². The summed E-state index contributed by atoms with van der Waals surface area (Å²) in [6.45, 7) is -0.0782. The summed E-state index contributed by atoms with van der Waals surface area (Å²) in [5, 5.41) is 7.46. The van der Waals surface area contributed by atoms with Gasteiger partial charge in [0.15, 0.2) is 11.7 Å². The van der Waals surface area contributed by atoms with Crippen molar-refractivity contribution in [2.24, 2.45) is 0 Å². The van der Waals surface area contributed by atoms with E-state index in [2.05, 4.69) is 10.3 Å². The fourth-order valence-electron chi connectivity index (χ4n) is 1.94. The third kappa shape index (κ3) is 3.15. The predicted octanol–water partition coefficient (Wildman–Crippen LogP) is 3.97. The summed E-state index contributed by atoms with van der Waals surface area (Å²) in [6, 6.07) is 11.2. The maximum Gasteiger partial charge on any atom is 0.264 e. The van der Waals surface area contributed by atoms with E-state index in [0.29, 0.717) is 15.9 Å². The molecule has 2 aromatic carbocycles. The largest absolute Gasteiger partial charge is 0.483 e. The second-order valence-corrected chi connectivity index (χ2v) is 5.57. The Balaban J connectivity index is 1.73. The van der Waals surface area contributed by atoms with E-state index < -0.39 is 0 Å². The Morgan fingerprint density at radius 1 is 1.24 bits per heavy atom. The average molecular weight is 319 g/mol. The SMILES string of the molecule is O=C(COc1ccc(Cl)c2ccccc12)Nc1nccs1. The quantitative estimate of drug-likeness (QED) is 0.792. The number of hydrogen-bond donors (Lipinski definition) is 1. The molecule has 6 heteroatoms. The monoisotopic (exact) mass is 318 g/mol. The van der Waals surface area contributed by atoms with E-state index in [1.165, 1.54) is 11.3 Å². The van der Waals surface area contributed by atoms with Crippen LogP contribution in [0.25, 0.3) is 10.8 Å². The predicted molar refractivity (Wildman–Crippen MR) is 85.2 cm³/mol. The van der Waals surface area contributed by atoms with Gasteiger partial charge in [0.1, 0.15) is 5.75 Å². The van der Waals surface area contributed by atoms with Crippen LogP contribution in [0.15, 0.2) is 48.0 Å². The summed E-state index contributed by atoms with van der Waals surface area (Å²) < 4.78 is 5.59. The lowest BCUT2D eigenvalue weighted by molar-refractivity contribution is -0.118. The Kier molecular flexibility index (Phi) is 4.03. The summed E-state index contributed by atoms with van der Waals surface area (Å²) in [5.41, 5.74) is 0. The average Bonchev–Trinajstić information content (AvgIpc) is 3.00. The van der Waals surface area contributed by atoms with Gasteiger partial charge in [-0.05, 0) is 12.1 Å². The van der Waals surface area contributed by atoms with Gasteiger partial charge in [-0.1, -0.05) is 35.9 Å². The molecule has 0 saturated carbocycles. The zero-order valence-corrected chi connectivity index (χ0v) is 12.4. The summed E-state index contributed by atoms with van der Waals surface area (Å²) in [7, 11) is 0. The summed E-state index contributed by atoms with van der Waals surface area (Å²) >= 11 is 7.51. The van der Waals surface area contributed by atoms with Gasteiger partial charge >= 0.3 is 0 Å². The molecule has 0 saturated heterocycles. The van der Waals surface area contributed by atoms with Crippen molar-refractivity contribution in [1.82, 2.24) is 4.98 Å². The highest BCUT2D eigenvalue weighted by atomic mass is 35.5. The van der Waals surface area contributed by atoms with E-state index in [1.54, 1.807) is 23.7 Å². The third-order valence-corrected chi connectivity index (χ3v) is 3.89. The molecule has 0 aliphatic heterocycles. The van der Waals surface area contributed by atoms with E-state index in [4.69, 9.17) is 16.3 Å². The Morgan fingerprint density at radius 3 is 2.81 bits per heavy atom. The standard InChI is InChI=1S/C15H11ClN2O2S/c16-12-5-6-13(11-4-2-1-3-10(11)12)20-9-14(19)18-15-17-7-8-21-15/h1-8H,9H2,(H,17,18,19). The Hall–Kier alpha value is -2.11. The number of anilines is 1. The second kappa shape index (κ2) is 6.11. The number of carbonyl (C=O) groups excluding carboxylic acids is 1. The van der Waals surface area contributed by atoms with Crippen LogP contribution < -0.4 is 10.1 Å². The number of ether oxygens (including phenoxy) is 1. The molecule has 0 radical (unpaired) electrons. The summed E-state index contributed by atoms with van der Waals surface area (Å²) in [6.07, 6.45) is 1.63. The fourth-order valence-corrected chi connectivity index (χ4v) is 2.72. The fraction of sp³-hybridized carbons (Fsp3) is 0.0667. The van der Waals surface area contributed by atoms with Gasteiger partial charge in [-0.15, -0.1) is 11.3 Å². The first-order valence-electron chi connectivity index (χ1n) is 6.23. The highest BCUT2D eigenvalue weighted by molar-refractivity contribution is 7.13. The highest BCUT2D eigenvalue weighted by Crippen LogP contribution is 2.31. The van der Waals surface area contributed by atoms with Crippen molar-refractivity contribution >= 4 is 44.7 Å². The lowest BCUT2D eigenvalue weighted by atomic mass is 10.1. The van der Waals surface area contributed by atoms with Crippen LogP contribution in [0.1, 0.15) is 0 Å². The van der Waals surface area contributed by atoms with Crippen LogP contribution in [-0.4, -0.2) is 17.5 Å². The molecular weight excluding hydrogens is 308 g/mol. The molecule has 1 amide bonds. The molecule has 3 aromatic rings. The van der Waals surface area contributed by atoms with Crippen LogP contribution >= 0.6 is 22.9 Å². The number of halogens is 1. The number of hydrogen-bond acceptors (Lipinski definition) is 4. The van der Waals surface area contributed by atoms with E-state index in [-0.39, 0.29) is 12.5 Å². The van der Waals surface area contributed by atoms with Gasteiger partial charge in [0.25, 0.3) is 5.91 Å². The highest BCUT2D eigenvalue weighted by Gasteiger charge is 2.08. The van der Waals surface area contributed by atoms with E-state index in [1.807, 2.05) is 24.3 Å². The van der Waals surface area contributed by atoms with Crippen molar-refractivity contribution in [2.75, 3.05) is 11.9 Å². The minimum Gasteiger partial charge on any atom is -0.483 e. The molecule has 0 aliphatic carbocycles. The zero-order chi connectivity index (χ0) is 14.7. The van der Waals surface area contributed by atoms with Gasteiger partial charge in [-0.2, -0.15) is 0 Å². The smallest absolute Gasteiger partial charge is 0.264 e. The van der Waals surface area contributed by atoms with Crippen LogP contribution in [0, 0.1) is 0 Å². The van der Waals surface area contributed by atoms with Gasteiger partial charge in [-0.3, -0.25) is 10.1 Å². The molecule has 4 nitrogen and oxygen atoms in total. The lowest BCUT2D eigenvalue weighted by Gasteiger charge is -2.10. The molecule has 3 rings (SSSR count). The first-order chi connectivity index (χ1) is 10.2. The normalized spacial score (nSPS) is 10.5. The molecule has 0 fully saturated rings. The van der Waals surface area contributed by atoms with Crippen molar-refractivity contribution in [3.63, 3.8) is 0 Å². The van der Waals surface area contributed by atoms with Gasteiger partial charge in [0.05, 0.1) is 0 Å². The number of nitrogens with one attached hydrogen (secondary N) is 1. The molecule has 21 heavy (non-hydrogen) atoms. The Morgan fingerprint density at radius 2 is 2.05 bits per heavy atom.